The Balaban J connectivity index is 1.70. The Morgan fingerprint density at radius 1 is 1.21 bits per heavy atom. The summed E-state index contributed by atoms with van der Waals surface area (Å²) in [6, 6.07) is -0.609. The number of ketones is 2. The highest BCUT2D eigenvalue weighted by Crippen LogP contribution is 2.53. The van der Waals surface area contributed by atoms with Gasteiger partial charge in [-0.05, 0) is 74.8 Å². The number of allylic oxidation sites excluding steroid dienone is 2. The van der Waals surface area contributed by atoms with Crippen LogP contribution in [-0.2, 0) is 22.2 Å². The molecule has 0 radical (unpaired) electrons. The summed E-state index contributed by atoms with van der Waals surface area (Å²) in [6.07, 6.45) is -4.04. The van der Waals surface area contributed by atoms with E-state index in [0.29, 0.717) is 25.9 Å². The van der Waals surface area contributed by atoms with Crippen LogP contribution in [0.25, 0.3) is 0 Å². The fourth-order valence-electron chi connectivity index (χ4n) is 7.03. The second-order valence-electron chi connectivity index (χ2n) is 10.8. The molecule has 0 spiro atoms. The minimum absolute atomic E-state index is 0.0178. The topological polar surface area (TPSA) is 153 Å². The molecule has 1 aromatic rings. The number of nitrogens with one attached hydrogen (secondary N) is 1. The van der Waals surface area contributed by atoms with E-state index < -0.39 is 87.5 Å². The normalized spacial score (nSPS) is 29.0. The van der Waals surface area contributed by atoms with E-state index in [4.69, 9.17) is 5.73 Å². The molecule has 0 bridgehead atoms. The average molecular weight is 550 g/mol. The Morgan fingerprint density at radius 2 is 1.90 bits per heavy atom. The fourth-order valence-corrected chi connectivity index (χ4v) is 7.03. The van der Waals surface area contributed by atoms with Crippen molar-refractivity contribution in [3.05, 3.63) is 51.0 Å². The smallest absolute Gasteiger partial charge is 0.417 e. The van der Waals surface area contributed by atoms with Gasteiger partial charge in [-0.3, -0.25) is 19.3 Å². The van der Waals surface area contributed by atoms with Crippen molar-refractivity contribution in [1.29, 1.82) is 0 Å². The number of carbonyl (C=O) groups is 3. The van der Waals surface area contributed by atoms with Gasteiger partial charge in [0.2, 0.25) is 0 Å². The number of phenols is 1. The van der Waals surface area contributed by atoms with Crippen molar-refractivity contribution in [2.75, 3.05) is 20.1 Å². The van der Waals surface area contributed by atoms with E-state index in [-0.39, 0.29) is 29.5 Å². The number of aliphatic hydroxyl groups excluding tert-OH is 2. The number of alkyl halides is 3. The predicted molar refractivity (Wildman–Crippen MR) is 132 cm³/mol. The van der Waals surface area contributed by atoms with Crippen molar-refractivity contribution in [2.24, 2.45) is 23.5 Å². The second kappa shape index (κ2) is 9.37. The Labute approximate surface area is 222 Å². The first-order valence-corrected chi connectivity index (χ1v) is 12.9. The summed E-state index contributed by atoms with van der Waals surface area (Å²) in [5.74, 6) is -8.11. The highest BCUT2D eigenvalue weighted by atomic mass is 19.4. The number of hydrogen-bond donors (Lipinski definition) is 5. The summed E-state index contributed by atoms with van der Waals surface area (Å²) in [5, 5.41) is 36.1. The highest BCUT2D eigenvalue weighted by Gasteiger charge is 2.55. The molecular formula is C27H30F3N3O6. The number of phenolic OH excluding ortho intramolecular Hbond substituents is 1. The number of aliphatic hydroxyl groups is 2. The number of halogens is 3. The minimum Gasteiger partial charge on any atom is -0.511 e. The second-order valence-corrected chi connectivity index (χ2v) is 10.8. The monoisotopic (exact) mass is 549 g/mol. The van der Waals surface area contributed by atoms with Gasteiger partial charge < -0.3 is 26.4 Å². The van der Waals surface area contributed by atoms with Crippen molar-refractivity contribution in [2.45, 2.75) is 50.9 Å². The minimum atomic E-state index is -4.82. The van der Waals surface area contributed by atoms with Crippen LogP contribution in [0.15, 0.2) is 28.7 Å². The summed E-state index contributed by atoms with van der Waals surface area (Å²) in [6.45, 7) is 2.66. The molecule has 5 atom stereocenters. The molecule has 0 saturated carbocycles. The van der Waals surface area contributed by atoms with Crippen LogP contribution < -0.4 is 11.1 Å². The lowest BCUT2D eigenvalue weighted by Gasteiger charge is -2.46. The van der Waals surface area contributed by atoms with Crippen LogP contribution in [0.5, 0.6) is 5.75 Å². The molecule has 1 heterocycles. The molecule has 4 aliphatic rings. The fraction of sp³-hybridized carbons (Fsp3) is 0.519. The number of Topliss-reactive ketones (excluding diaryl/α,β-unsaturated/α-hetero) is 2. The average Bonchev–Trinajstić information content (AvgIpc) is 3.37. The number of rotatable bonds is 4. The largest absolute Gasteiger partial charge is 0.511 e. The molecule has 1 amide bonds. The van der Waals surface area contributed by atoms with E-state index in [1.807, 2.05) is 0 Å². The number of carbonyl (C=O) groups excluding carboxylic acids is 3. The van der Waals surface area contributed by atoms with Gasteiger partial charge >= 0.3 is 6.18 Å². The van der Waals surface area contributed by atoms with Crippen LogP contribution in [0.2, 0.25) is 0 Å². The van der Waals surface area contributed by atoms with Gasteiger partial charge in [-0.1, -0.05) is 6.92 Å². The SMILES string of the molecule is CCN(C)[C@@H]1C(O)=C(C(N)=O)C(=O)C2C(O)=C3C(=O)c4c(O)cc(C5CCCN5)c(C(F)(F)F)c4CC3CC21. The van der Waals surface area contributed by atoms with E-state index in [9.17, 15) is 42.9 Å². The van der Waals surface area contributed by atoms with Gasteiger partial charge in [0.15, 0.2) is 11.6 Å². The number of primary amides is 1. The summed E-state index contributed by atoms with van der Waals surface area (Å²) in [4.78, 5) is 40.7. The molecule has 39 heavy (non-hydrogen) atoms. The maximum atomic E-state index is 14.5. The van der Waals surface area contributed by atoms with Gasteiger partial charge in [0.25, 0.3) is 5.91 Å². The third kappa shape index (κ3) is 4.03. The van der Waals surface area contributed by atoms with Crippen LogP contribution in [0.4, 0.5) is 13.2 Å². The van der Waals surface area contributed by atoms with Crippen LogP contribution >= 0.6 is 0 Å². The van der Waals surface area contributed by atoms with Crippen molar-refractivity contribution in [3.63, 3.8) is 0 Å². The number of aromatic hydroxyl groups is 1. The quantitative estimate of drug-likeness (QED) is 0.360. The zero-order valence-corrected chi connectivity index (χ0v) is 21.4. The molecule has 4 unspecified atom stereocenters. The van der Waals surface area contributed by atoms with Gasteiger partial charge in [-0.25, -0.2) is 0 Å². The number of fused-ring (bicyclic) bond motifs is 3. The Morgan fingerprint density at radius 3 is 2.46 bits per heavy atom. The third-order valence-electron chi connectivity index (χ3n) is 8.74. The highest BCUT2D eigenvalue weighted by molar-refractivity contribution is 6.22. The molecule has 1 fully saturated rings. The van der Waals surface area contributed by atoms with Crippen molar-refractivity contribution in [3.8, 4) is 5.75 Å². The number of hydrogen-bond acceptors (Lipinski definition) is 8. The van der Waals surface area contributed by atoms with E-state index in [0.717, 1.165) is 6.07 Å². The zero-order chi connectivity index (χ0) is 28.5. The lowest BCUT2D eigenvalue weighted by Crippen LogP contribution is -2.54. The molecule has 6 N–H and O–H groups in total. The van der Waals surface area contributed by atoms with Crippen LogP contribution in [-0.4, -0.2) is 63.9 Å². The van der Waals surface area contributed by atoms with E-state index in [2.05, 4.69) is 5.32 Å². The van der Waals surface area contributed by atoms with Crippen LogP contribution in [0, 0.1) is 17.8 Å². The Bertz CT molecular complexity index is 1340. The van der Waals surface area contributed by atoms with E-state index in [1.54, 1.807) is 18.9 Å². The molecule has 3 aliphatic carbocycles. The number of benzene rings is 1. The van der Waals surface area contributed by atoms with E-state index >= 15 is 0 Å². The van der Waals surface area contributed by atoms with Crippen LogP contribution in [0.1, 0.15) is 59.3 Å². The molecular weight excluding hydrogens is 519 g/mol. The number of nitrogens with two attached hydrogens (primary N) is 1. The summed E-state index contributed by atoms with van der Waals surface area (Å²) in [7, 11) is 1.63. The third-order valence-corrected chi connectivity index (χ3v) is 8.74. The standard InChI is InChI=1S/C27H30F3N3O6/c1-3-33(2)21-13-8-10-7-12-17(15(34)9-11(14-5-4-6-32-14)20(12)27(28,29)30)22(35)16(10)23(36)18(13)24(37)19(25(21)38)26(31)39/h9-10,13-14,18,21,32,34,36,38H,3-8H2,1-2H3,(H2,31,39)/t10?,13?,14?,18?,21-/m0/s1. The van der Waals surface area contributed by atoms with Gasteiger partial charge in [0.05, 0.1) is 23.1 Å². The lowest BCUT2D eigenvalue weighted by atomic mass is 9.60. The first-order valence-electron chi connectivity index (χ1n) is 12.9. The van der Waals surface area contributed by atoms with E-state index in [1.165, 1.54) is 0 Å². The Kier molecular flexibility index (Phi) is 6.53. The lowest BCUT2D eigenvalue weighted by molar-refractivity contribution is -0.139. The first-order chi connectivity index (χ1) is 18.3. The van der Waals surface area contributed by atoms with Gasteiger partial charge in [0, 0.05) is 11.6 Å². The summed E-state index contributed by atoms with van der Waals surface area (Å²) >= 11 is 0. The number of nitrogens with zero attached hydrogens (tertiary/aromatic N) is 1. The number of amides is 1. The predicted octanol–water partition coefficient (Wildman–Crippen LogP) is 2.84. The number of likely N-dealkylation sites (N-methyl/N-ethyl adjacent to an activating group) is 1. The molecule has 210 valence electrons. The van der Waals surface area contributed by atoms with Crippen molar-refractivity contribution >= 4 is 17.5 Å². The van der Waals surface area contributed by atoms with Crippen molar-refractivity contribution < 1.29 is 42.9 Å². The molecule has 12 heteroatoms. The zero-order valence-electron chi connectivity index (χ0n) is 21.4. The molecule has 0 aromatic heterocycles. The molecule has 1 aromatic carbocycles. The van der Waals surface area contributed by atoms with Gasteiger partial charge in [-0.2, -0.15) is 13.2 Å². The summed E-state index contributed by atoms with van der Waals surface area (Å²) in [5.41, 5.74) is 2.48. The van der Waals surface area contributed by atoms with Crippen molar-refractivity contribution in [1.82, 2.24) is 10.2 Å². The maximum Gasteiger partial charge on any atom is 0.417 e. The van der Waals surface area contributed by atoms with Gasteiger partial charge in [0.1, 0.15) is 22.8 Å². The summed E-state index contributed by atoms with van der Waals surface area (Å²) < 4.78 is 43.6. The maximum absolute atomic E-state index is 14.5. The first kappa shape index (κ1) is 27.2. The molecule has 9 nitrogen and oxygen atoms in total. The van der Waals surface area contributed by atoms with Gasteiger partial charge in [-0.15, -0.1) is 0 Å². The molecule has 5 rings (SSSR count). The van der Waals surface area contributed by atoms with Crippen LogP contribution in [0.3, 0.4) is 0 Å². The molecule has 1 aliphatic heterocycles. The Hall–Kier alpha value is -3.38. The molecule has 1 saturated heterocycles.